The Kier molecular flexibility index (Phi) is 4.02. The SMILES string of the molecule is N#CC(C#N)C(=O)c1cc(Br)ccc1Br. The van der Waals surface area contributed by atoms with Crippen molar-refractivity contribution in [2.45, 2.75) is 0 Å². The fourth-order valence-electron chi connectivity index (χ4n) is 0.988. The molecule has 0 heterocycles. The standard InChI is InChI=1S/C10H4Br2N2O/c11-7-1-2-9(12)8(3-7)10(15)6(4-13)5-14/h1-3,6H. The normalized spacial score (nSPS) is 9.40. The number of carbonyl (C=O) groups is 1. The molecule has 0 aromatic heterocycles. The van der Waals surface area contributed by atoms with E-state index in [1.807, 2.05) is 0 Å². The fourth-order valence-corrected chi connectivity index (χ4v) is 1.79. The van der Waals surface area contributed by atoms with Crippen molar-refractivity contribution in [2.24, 2.45) is 5.92 Å². The fraction of sp³-hybridized carbons (Fsp3) is 0.100. The van der Waals surface area contributed by atoms with Crippen LogP contribution in [0, 0.1) is 28.6 Å². The molecule has 0 saturated heterocycles. The Morgan fingerprint density at radius 1 is 1.27 bits per heavy atom. The van der Waals surface area contributed by atoms with Gasteiger partial charge in [0, 0.05) is 14.5 Å². The van der Waals surface area contributed by atoms with E-state index in [1.54, 1.807) is 30.3 Å². The van der Waals surface area contributed by atoms with E-state index in [9.17, 15) is 4.79 Å². The lowest BCUT2D eigenvalue weighted by Gasteiger charge is -2.03. The van der Waals surface area contributed by atoms with Crippen LogP contribution in [0.1, 0.15) is 10.4 Å². The summed E-state index contributed by atoms with van der Waals surface area (Å²) in [4.78, 5) is 11.7. The van der Waals surface area contributed by atoms with E-state index < -0.39 is 11.7 Å². The number of carbonyl (C=O) groups excluding carboxylic acids is 1. The Bertz CT molecular complexity index is 471. The molecule has 0 atom stereocenters. The second-order valence-electron chi connectivity index (χ2n) is 2.68. The molecule has 1 aromatic rings. The third-order valence-corrected chi connectivity index (χ3v) is 2.90. The van der Waals surface area contributed by atoms with E-state index in [2.05, 4.69) is 31.9 Å². The first kappa shape index (κ1) is 11.9. The second-order valence-corrected chi connectivity index (χ2v) is 4.45. The van der Waals surface area contributed by atoms with Crippen molar-refractivity contribution in [1.82, 2.24) is 0 Å². The molecule has 0 aliphatic heterocycles. The summed E-state index contributed by atoms with van der Waals surface area (Å²) < 4.78 is 1.30. The molecule has 0 fully saturated rings. The summed E-state index contributed by atoms with van der Waals surface area (Å²) in [5.74, 6) is -1.75. The van der Waals surface area contributed by atoms with Gasteiger partial charge in [-0.3, -0.25) is 4.79 Å². The van der Waals surface area contributed by atoms with Crippen LogP contribution in [0.4, 0.5) is 0 Å². The number of hydrogen-bond donors (Lipinski definition) is 0. The number of hydrogen-bond acceptors (Lipinski definition) is 3. The highest BCUT2D eigenvalue weighted by Crippen LogP contribution is 2.23. The Morgan fingerprint density at radius 3 is 2.40 bits per heavy atom. The first-order valence-electron chi connectivity index (χ1n) is 3.88. The van der Waals surface area contributed by atoms with E-state index in [0.29, 0.717) is 10.0 Å². The van der Waals surface area contributed by atoms with Crippen molar-refractivity contribution in [3.05, 3.63) is 32.7 Å². The van der Waals surface area contributed by atoms with E-state index in [-0.39, 0.29) is 0 Å². The smallest absolute Gasteiger partial charge is 0.195 e. The number of ketones is 1. The number of rotatable bonds is 2. The van der Waals surface area contributed by atoms with Gasteiger partial charge < -0.3 is 0 Å². The van der Waals surface area contributed by atoms with Gasteiger partial charge in [0.25, 0.3) is 0 Å². The monoisotopic (exact) mass is 326 g/mol. The van der Waals surface area contributed by atoms with Gasteiger partial charge in [-0.1, -0.05) is 31.9 Å². The quantitative estimate of drug-likeness (QED) is 0.784. The molecule has 0 spiro atoms. The number of nitriles is 2. The third-order valence-electron chi connectivity index (χ3n) is 1.71. The van der Waals surface area contributed by atoms with Crippen molar-refractivity contribution in [3.63, 3.8) is 0 Å². The maximum Gasteiger partial charge on any atom is 0.195 e. The van der Waals surface area contributed by atoms with Gasteiger partial charge in [0.15, 0.2) is 11.7 Å². The van der Waals surface area contributed by atoms with Crippen molar-refractivity contribution in [2.75, 3.05) is 0 Å². The summed E-state index contributed by atoms with van der Waals surface area (Å²) in [6.07, 6.45) is 0. The van der Waals surface area contributed by atoms with Crippen LogP contribution in [0.3, 0.4) is 0 Å². The van der Waals surface area contributed by atoms with Crippen LogP contribution in [0.15, 0.2) is 27.1 Å². The maximum absolute atomic E-state index is 11.7. The lowest BCUT2D eigenvalue weighted by atomic mass is 10.0. The molecule has 5 heteroatoms. The van der Waals surface area contributed by atoms with E-state index in [0.717, 1.165) is 4.47 Å². The number of benzene rings is 1. The van der Waals surface area contributed by atoms with Crippen molar-refractivity contribution in [3.8, 4) is 12.1 Å². The Balaban J connectivity index is 3.18. The highest BCUT2D eigenvalue weighted by atomic mass is 79.9. The minimum Gasteiger partial charge on any atom is -0.291 e. The summed E-state index contributed by atoms with van der Waals surface area (Å²) in [6.45, 7) is 0. The van der Waals surface area contributed by atoms with E-state index >= 15 is 0 Å². The molecule has 0 aliphatic carbocycles. The van der Waals surface area contributed by atoms with Crippen LogP contribution < -0.4 is 0 Å². The zero-order chi connectivity index (χ0) is 11.4. The van der Waals surface area contributed by atoms with Gasteiger partial charge in [-0.15, -0.1) is 0 Å². The number of Topliss-reactive ketones (excluding diaryl/α,β-unsaturated/α-hetero) is 1. The van der Waals surface area contributed by atoms with Gasteiger partial charge in [0.2, 0.25) is 0 Å². The summed E-state index contributed by atoms with van der Waals surface area (Å²) in [5.41, 5.74) is 0.331. The molecule has 0 bridgehead atoms. The molecule has 3 nitrogen and oxygen atoms in total. The van der Waals surface area contributed by atoms with Crippen LogP contribution in [0.25, 0.3) is 0 Å². The molecule has 1 aromatic carbocycles. The highest BCUT2D eigenvalue weighted by molar-refractivity contribution is 9.11. The number of halogens is 2. The number of nitrogens with zero attached hydrogens (tertiary/aromatic N) is 2. The predicted molar refractivity (Wildman–Crippen MR) is 60.9 cm³/mol. The molecule has 15 heavy (non-hydrogen) atoms. The van der Waals surface area contributed by atoms with Gasteiger partial charge in [0.05, 0.1) is 12.1 Å². The highest BCUT2D eigenvalue weighted by Gasteiger charge is 2.21. The Hall–Kier alpha value is -1.17. The van der Waals surface area contributed by atoms with Gasteiger partial charge in [-0.2, -0.15) is 10.5 Å². The zero-order valence-corrected chi connectivity index (χ0v) is 10.5. The van der Waals surface area contributed by atoms with E-state index in [1.165, 1.54) is 0 Å². The molecule has 0 amide bonds. The van der Waals surface area contributed by atoms with Crippen LogP contribution in [-0.2, 0) is 0 Å². The second kappa shape index (κ2) is 5.06. The molecule has 0 aliphatic rings. The molecule has 1 rings (SSSR count). The summed E-state index contributed by atoms with van der Waals surface area (Å²) in [7, 11) is 0. The molecular weight excluding hydrogens is 324 g/mol. The topological polar surface area (TPSA) is 64.7 Å². The summed E-state index contributed by atoms with van der Waals surface area (Å²) in [5, 5.41) is 17.2. The van der Waals surface area contributed by atoms with Gasteiger partial charge in [-0.25, -0.2) is 0 Å². The average Bonchev–Trinajstić information content (AvgIpc) is 2.23. The molecule has 0 N–H and O–H groups in total. The molecular formula is C10H4Br2N2O. The van der Waals surface area contributed by atoms with Crippen LogP contribution in [-0.4, -0.2) is 5.78 Å². The average molecular weight is 328 g/mol. The lowest BCUT2D eigenvalue weighted by Crippen LogP contribution is -2.11. The molecule has 0 saturated carbocycles. The van der Waals surface area contributed by atoms with E-state index in [4.69, 9.17) is 10.5 Å². The minimum absolute atomic E-state index is 0.331. The largest absolute Gasteiger partial charge is 0.291 e. The van der Waals surface area contributed by atoms with Crippen molar-refractivity contribution in [1.29, 1.82) is 10.5 Å². The Labute approximate surface area is 104 Å². The van der Waals surface area contributed by atoms with Gasteiger partial charge >= 0.3 is 0 Å². The van der Waals surface area contributed by atoms with Gasteiger partial charge in [0.1, 0.15) is 0 Å². The molecule has 0 radical (unpaired) electrons. The maximum atomic E-state index is 11.7. The van der Waals surface area contributed by atoms with Crippen LogP contribution >= 0.6 is 31.9 Å². The Morgan fingerprint density at radius 2 is 1.87 bits per heavy atom. The van der Waals surface area contributed by atoms with Crippen molar-refractivity contribution < 1.29 is 4.79 Å². The first-order valence-corrected chi connectivity index (χ1v) is 5.47. The molecule has 0 unspecified atom stereocenters. The van der Waals surface area contributed by atoms with Crippen LogP contribution in [0.2, 0.25) is 0 Å². The lowest BCUT2D eigenvalue weighted by molar-refractivity contribution is 0.0970. The predicted octanol–water partition coefficient (Wildman–Crippen LogP) is 3.06. The van der Waals surface area contributed by atoms with Crippen molar-refractivity contribution >= 4 is 37.6 Å². The summed E-state index contributed by atoms with van der Waals surface area (Å²) >= 11 is 6.42. The summed E-state index contributed by atoms with van der Waals surface area (Å²) in [6, 6.07) is 8.32. The first-order chi connectivity index (χ1) is 7.10. The van der Waals surface area contributed by atoms with Crippen LogP contribution in [0.5, 0.6) is 0 Å². The van der Waals surface area contributed by atoms with Gasteiger partial charge in [-0.05, 0) is 18.2 Å². The zero-order valence-electron chi connectivity index (χ0n) is 7.37. The molecule has 74 valence electrons. The third kappa shape index (κ3) is 2.65. The minimum atomic E-state index is -1.25.